The van der Waals surface area contributed by atoms with Crippen LogP contribution in [0.3, 0.4) is 0 Å². The molecule has 92 valence electrons. The van der Waals surface area contributed by atoms with Gasteiger partial charge in [-0.15, -0.1) is 0 Å². The van der Waals surface area contributed by atoms with E-state index in [-0.39, 0.29) is 0 Å². The van der Waals surface area contributed by atoms with Crippen molar-refractivity contribution in [3.05, 3.63) is 28.8 Å². The van der Waals surface area contributed by atoms with Gasteiger partial charge >= 0.3 is 0 Å². The fourth-order valence-corrected chi connectivity index (χ4v) is 2.39. The molecule has 2 heteroatoms. The third-order valence-electron chi connectivity index (χ3n) is 3.06. The van der Waals surface area contributed by atoms with Crippen molar-refractivity contribution in [1.82, 2.24) is 0 Å². The minimum Gasteiger partial charge on any atom is -0.494 e. The van der Waals surface area contributed by atoms with Crippen LogP contribution < -0.4 is 4.74 Å². The first-order valence-corrected chi connectivity index (χ1v) is 6.21. The summed E-state index contributed by atoms with van der Waals surface area (Å²) in [7, 11) is 0. The zero-order valence-corrected chi connectivity index (χ0v) is 11.2. The highest BCUT2D eigenvalue weighted by atomic mass is 16.5. The van der Waals surface area contributed by atoms with Gasteiger partial charge in [-0.05, 0) is 61.9 Å². The quantitative estimate of drug-likeness (QED) is 0.764. The second kappa shape index (κ2) is 6.30. The number of hydrogen-bond donors (Lipinski definition) is 0. The molecule has 17 heavy (non-hydrogen) atoms. The first-order chi connectivity index (χ1) is 8.10. The highest BCUT2D eigenvalue weighted by Crippen LogP contribution is 2.30. The van der Waals surface area contributed by atoms with Gasteiger partial charge in [0.05, 0.1) is 12.7 Å². The first-order valence-electron chi connectivity index (χ1n) is 6.21. The van der Waals surface area contributed by atoms with E-state index in [4.69, 9.17) is 10.00 Å². The van der Waals surface area contributed by atoms with Crippen molar-refractivity contribution in [3.8, 4) is 11.8 Å². The van der Waals surface area contributed by atoms with Crippen LogP contribution in [0.25, 0.3) is 0 Å². The van der Waals surface area contributed by atoms with Gasteiger partial charge in [-0.1, -0.05) is 6.92 Å². The van der Waals surface area contributed by atoms with Crippen molar-refractivity contribution in [1.29, 1.82) is 5.26 Å². The van der Waals surface area contributed by atoms with E-state index in [2.05, 4.69) is 39.0 Å². The minimum absolute atomic E-state index is 0.435. The molecule has 0 N–H and O–H groups in total. The maximum atomic E-state index is 8.64. The molecule has 1 rings (SSSR count). The predicted octanol–water partition coefficient (Wildman–Crippen LogP) is 4.11. The molecule has 1 unspecified atom stereocenters. The van der Waals surface area contributed by atoms with E-state index < -0.39 is 0 Å². The lowest BCUT2D eigenvalue weighted by atomic mass is 9.89. The second-order valence-corrected chi connectivity index (χ2v) is 4.50. The Kier molecular flexibility index (Phi) is 5.03. The summed E-state index contributed by atoms with van der Waals surface area (Å²) in [5.41, 5.74) is 3.89. The normalized spacial score (nSPS) is 11.9. The Bertz CT molecular complexity index is 394. The summed E-state index contributed by atoms with van der Waals surface area (Å²) in [5.74, 6) is 1.38. The standard InChI is InChI=1S/C15H21NO/c1-5-17-14-9-12(3)15(13(4)10-14)11(2)7-6-8-16/h9-11H,5-7H2,1-4H3. The Morgan fingerprint density at radius 2 is 1.88 bits per heavy atom. The Morgan fingerprint density at radius 1 is 1.29 bits per heavy atom. The molecule has 0 saturated carbocycles. The topological polar surface area (TPSA) is 33.0 Å². The minimum atomic E-state index is 0.435. The number of nitrogens with zero attached hydrogens (tertiary/aromatic N) is 1. The highest BCUT2D eigenvalue weighted by molar-refractivity contribution is 5.42. The van der Waals surface area contributed by atoms with Gasteiger partial charge in [-0.25, -0.2) is 0 Å². The summed E-state index contributed by atoms with van der Waals surface area (Å²) in [4.78, 5) is 0. The molecule has 1 atom stereocenters. The largest absolute Gasteiger partial charge is 0.494 e. The maximum Gasteiger partial charge on any atom is 0.119 e. The number of nitriles is 1. The Morgan fingerprint density at radius 3 is 2.35 bits per heavy atom. The molecule has 0 aliphatic carbocycles. The molecule has 0 spiro atoms. The van der Waals surface area contributed by atoms with Crippen LogP contribution in [-0.4, -0.2) is 6.61 Å². The van der Waals surface area contributed by atoms with Crippen molar-refractivity contribution in [2.24, 2.45) is 0 Å². The molecule has 0 aromatic heterocycles. The Hall–Kier alpha value is -1.49. The number of rotatable bonds is 5. The number of aryl methyl sites for hydroxylation is 2. The Labute approximate surface area is 104 Å². The van der Waals surface area contributed by atoms with E-state index in [1.54, 1.807) is 0 Å². The summed E-state index contributed by atoms with van der Waals surface area (Å²) in [5, 5.41) is 8.64. The molecule has 2 nitrogen and oxygen atoms in total. The SMILES string of the molecule is CCOc1cc(C)c(C(C)CCC#N)c(C)c1. The molecule has 0 heterocycles. The van der Waals surface area contributed by atoms with E-state index >= 15 is 0 Å². The lowest BCUT2D eigenvalue weighted by molar-refractivity contribution is 0.339. The predicted molar refractivity (Wildman–Crippen MR) is 70.3 cm³/mol. The molecule has 0 bridgehead atoms. The average Bonchev–Trinajstić information content (AvgIpc) is 2.25. The summed E-state index contributed by atoms with van der Waals surface area (Å²) >= 11 is 0. The summed E-state index contributed by atoms with van der Waals surface area (Å²) in [6.45, 7) is 9.12. The highest BCUT2D eigenvalue weighted by Gasteiger charge is 2.12. The van der Waals surface area contributed by atoms with Crippen molar-refractivity contribution in [3.63, 3.8) is 0 Å². The summed E-state index contributed by atoms with van der Waals surface area (Å²) in [6.07, 6.45) is 1.54. The molecule has 0 fully saturated rings. The lowest BCUT2D eigenvalue weighted by Gasteiger charge is -2.18. The molecular formula is C15H21NO. The molecule has 1 aromatic rings. The van der Waals surface area contributed by atoms with Crippen LogP contribution in [0.4, 0.5) is 0 Å². The second-order valence-electron chi connectivity index (χ2n) is 4.50. The molecule has 0 radical (unpaired) electrons. The number of ether oxygens (including phenoxy) is 1. The third-order valence-corrected chi connectivity index (χ3v) is 3.06. The van der Waals surface area contributed by atoms with Crippen LogP contribution in [0.5, 0.6) is 5.75 Å². The molecule has 0 amide bonds. The van der Waals surface area contributed by atoms with E-state index in [0.29, 0.717) is 18.9 Å². The monoisotopic (exact) mass is 231 g/mol. The first kappa shape index (κ1) is 13.6. The number of hydrogen-bond acceptors (Lipinski definition) is 2. The fourth-order valence-electron chi connectivity index (χ4n) is 2.39. The van der Waals surface area contributed by atoms with Gasteiger partial charge in [0.25, 0.3) is 0 Å². The summed E-state index contributed by atoms with van der Waals surface area (Å²) < 4.78 is 5.53. The third kappa shape index (κ3) is 3.49. The van der Waals surface area contributed by atoms with E-state index in [1.165, 1.54) is 16.7 Å². The lowest BCUT2D eigenvalue weighted by Crippen LogP contribution is -2.02. The zero-order valence-electron chi connectivity index (χ0n) is 11.2. The average molecular weight is 231 g/mol. The van der Waals surface area contributed by atoms with Gasteiger partial charge in [0.2, 0.25) is 0 Å². The van der Waals surface area contributed by atoms with Crippen LogP contribution in [0.15, 0.2) is 12.1 Å². The van der Waals surface area contributed by atoms with Crippen molar-refractivity contribution < 1.29 is 4.74 Å². The Balaban J connectivity index is 2.97. The van der Waals surface area contributed by atoms with Crippen molar-refractivity contribution >= 4 is 0 Å². The molecule has 0 aliphatic rings. The molecule has 1 aromatic carbocycles. The van der Waals surface area contributed by atoms with Gasteiger partial charge in [-0.2, -0.15) is 5.26 Å². The van der Waals surface area contributed by atoms with Gasteiger partial charge in [0.15, 0.2) is 0 Å². The molecular weight excluding hydrogens is 210 g/mol. The maximum absolute atomic E-state index is 8.64. The van der Waals surface area contributed by atoms with Gasteiger partial charge in [0.1, 0.15) is 5.75 Å². The smallest absolute Gasteiger partial charge is 0.119 e. The van der Waals surface area contributed by atoms with Crippen LogP contribution in [0, 0.1) is 25.2 Å². The van der Waals surface area contributed by atoms with Crippen LogP contribution in [0.1, 0.15) is 49.3 Å². The van der Waals surface area contributed by atoms with E-state index in [1.807, 2.05) is 6.92 Å². The number of benzene rings is 1. The van der Waals surface area contributed by atoms with E-state index in [0.717, 1.165) is 12.2 Å². The fraction of sp³-hybridized carbons (Fsp3) is 0.533. The van der Waals surface area contributed by atoms with Crippen LogP contribution in [-0.2, 0) is 0 Å². The van der Waals surface area contributed by atoms with Crippen molar-refractivity contribution in [2.75, 3.05) is 6.61 Å². The van der Waals surface area contributed by atoms with Crippen LogP contribution >= 0.6 is 0 Å². The zero-order chi connectivity index (χ0) is 12.8. The van der Waals surface area contributed by atoms with Gasteiger partial charge < -0.3 is 4.74 Å². The van der Waals surface area contributed by atoms with Crippen molar-refractivity contribution in [2.45, 2.75) is 46.5 Å². The van der Waals surface area contributed by atoms with Gasteiger partial charge in [0, 0.05) is 6.42 Å². The molecule has 0 saturated heterocycles. The van der Waals surface area contributed by atoms with Gasteiger partial charge in [-0.3, -0.25) is 0 Å². The van der Waals surface area contributed by atoms with E-state index in [9.17, 15) is 0 Å². The summed E-state index contributed by atoms with van der Waals surface area (Å²) in [6, 6.07) is 6.40. The van der Waals surface area contributed by atoms with Crippen LogP contribution in [0.2, 0.25) is 0 Å². The molecule has 0 aliphatic heterocycles.